The highest BCUT2D eigenvalue weighted by Crippen LogP contribution is 2.29. The lowest BCUT2D eigenvalue weighted by Crippen LogP contribution is -2.00. The van der Waals surface area contributed by atoms with Gasteiger partial charge in [-0.2, -0.15) is 0 Å². The number of hydrogen-bond donors (Lipinski definition) is 2. The molecule has 0 spiro atoms. The minimum atomic E-state index is -0.521. The quantitative estimate of drug-likeness (QED) is 0.655. The van der Waals surface area contributed by atoms with Gasteiger partial charge in [0.1, 0.15) is 17.4 Å². The summed E-state index contributed by atoms with van der Waals surface area (Å²) in [6.07, 6.45) is 0. The second-order valence-corrected chi connectivity index (χ2v) is 4.72. The predicted octanol–water partition coefficient (Wildman–Crippen LogP) is 3.09. The Morgan fingerprint density at radius 3 is 2.75 bits per heavy atom. The number of halogens is 1. The van der Waals surface area contributed by atoms with Crippen LogP contribution < -0.4 is 15.8 Å². The van der Waals surface area contributed by atoms with Gasteiger partial charge >= 0.3 is 0 Å². The van der Waals surface area contributed by atoms with E-state index < -0.39 is 4.92 Å². The first-order valence-corrected chi connectivity index (χ1v) is 6.31. The molecular weight excluding hydrogens is 328 g/mol. The zero-order valence-corrected chi connectivity index (χ0v) is 12.0. The molecule has 0 amide bonds. The topological polar surface area (TPSA) is 103 Å². The van der Waals surface area contributed by atoms with Crippen LogP contribution in [0, 0.1) is 10.1 Å². The van der Waals surface area contributed by atoms with Gasteiger partial charge in [0, 0.05) is 5.69 Å². The number of nitrogens with one attached hydrogen (secondary N) is 1. The molecule has 0 saturated heterocycles. The summed E-state index contributed by atoms with van der Waals surface area (Å²) in [6, 6.07) is 7.81. The molecule has 2 rings (SSSR count). The molecule has 0 unspecified atom stereocenters. The molecule has 0 atom stereocenters. The van der Waals surface area contributed by atoms with Crippen molar-refractivity contribution < 1.29 is 9.66 Å². The first kappa shape index (κ1) is 14.1. The molecule has 2 aromatic rings. The molecule has 20 heavy (non-hydrogen) atoms. The van der Waals surface area contributed by atoms with Crippen molar-refractivity contribution in [2.24, 2.45) is 0 Å². The highest BCUT2D eigenvalue weighted by molar-refractivity contribution is 9.10. The van der Waals surface area contributed by atoms with E-state index in [-0.39, 0.29) is 11.5 Å². The van der Waals surface area contributed by atoms with Crippen molar-refractivity contribution in [2.75, 3.05) is 18.2 Å². The Kier molecular flexibility index (Phi) is 4.04. The van der Waals surface area contributed by atoms with E-state index in [4.69, 9.17) is 10.5 Å². The number of nitro groups is 1. The normalized spacial score (nSPS) is 10.1. The van der Waals surface area contributed by atoms with Crippen LogP contribution in [-0.2, 0) is 0 Å². The summed E-state index contributed by atoms with van der Waals surface area (Å²) in [6.45, 7) is 0. The van der Waals surface area contributed by atoms with E-state index in [1.54, 1.807) is 25.3 Å². The Balaban J connectivity index is 2.30. The SMILES string of the molecule is COc1ccc(Nc2cc([N+](=O)[O-])cc(N)n2)cc1Br. The summed E-state index contributed by atoms with van der Waals surface area (Å²) in [4.78, 5) is 14.2. The maximum atomic E-state index is 10.8. The maximum Gasteiger partial charge on any atom is 0.276 e. The average Bonchev–Trinajstić information content (AvgIpc) is 2.38. The molecule has 1 heterocycles. The Bertz CT molecular complexity index is 663. The number of rotatable bonds is 4. The van der Waals surface area contributed by atoms with Gasteiger partial charge in [0.2, 0.25) is 0 Å². The van der Waals surface area contributed by atoms with Gasteiger partial charge in [-0.05, 0) is 34.1 Å². The highest BCUT2D eigenvalue weighted by atomic mass is 79.9. The lowest BCUT2D eigenvalue weighted by atomic mass is 10.3. The summed E-state index contributed by atoms with van der Waals surface area (Å²) >= 11 is 3.35. The van der Waals surface area contributed by atoms with E-state index in [0.717, 1.165) is 4.47 Å². The van der Waals surface area contributed by atoms with Crippen LogP contribution in [0.5, 0.6) is 5.75 Å². The number of benzene rings is 1. The second kappa shape index (κ2) is 5.74. The molecule has 104 valence electrons. The Hall–Kier alpha value is -2.35. The van der Waals surface area contributed by atoms with Crippen LogP contribution in [0.15, 0.2) is 34.8 Å². The largest absolute Gasteiger partial charge is 0.496 e. The van der Waals surface area contributed by atoms with E-state index in [1.165, 1.54) is 12.1 Å². The van der Waals surface area contributed by atoms with Crippen molar-refractivity contribution in [2.45, 2.75) is 0 Å². The fourth-order valence-electron chi connectivity index (χ4n) is 1.60. The standard InChI is InChI=1S/C12H11BrN4O3/c1-20-10-3-2-7(4-9(10)13)15-12-6-8(17(18)19)5-11(14)16-12/h2-6H,1H3,(H3,14,15,16). The Morgan fingerprint density at radius 1 is 1.40 bits per heavy atom. The van der Waals surface area contributed by atoms with Crippen LogP contribution in [-0.4, -0.2) is 17.0 Å². The fourth-order valence-corrected chi connectivity index (χ4v) is 2.14. The van der Waals surface area contributed by atoms with Crippen molar-refractivity contribution in [1.29, 1.82) is 0 Å². The number of anilines is 3. The number of ether oxygens (including phenoxy) is 1. The molecule has 0 aliphatic carbocycles. The van der Waals surface area contributed by atoms with Crippen LogP contribution in [0.2, 0.25) is 0 Å². The zero-order chi connectivity index (χ0) is 14.7. The molecule has 0 radical (unpaired) electrons. The minimum absolute atomic E-state index is 0.0780. The lowest BCUT2D eigenvalue weighted by Gasteiger charge is -2.09. The number of methoxy groups -OCH3 is 1. The summed E-state index contributed by atoms with van der Waals surface area (Å²) in [5.74, 6) is 1.06. The van der Waals surface area contributed by atoms with Crippen molar-refractivity contribution in [3.8, 4) is 5.75 Å². The molecule has 0 saturated carbocycles. The molecule has 1 aromatic carbocycles. The molecule has 3 N–H and O–H groups in total. The number of nitrogens with two attached hydrogens (primary N) is 1. The van der Waals surface area contributed by atoms with E-state index in [9.17, 15) is 10.1 Å². The third-order valence-corrected chi connectivity index (χ3v) is 3.08. The second-order valence-electron chi connectivity index (χ2n) is 3.87. The minimum Gasteiger partial charge on any atom is -0.496 e. The van der Waals surface area contributed by atoms with Crippen LogP contribution in [0.1, 0.15) is 0 Å². The fraction of sp³-hybridized carbons (Fsp3) is 0.0833. The van der Waals surface area contributed by atoms with Crippen molar-refractivity contribution in [1.82, 2.24) is 4.98 Å². The van der Waals surface area contributed by atoms with Gasteiger partial charge < -0.3 is 15.8 Å². The number of aromatic nitrogens is 1. The zero-order valence-electron chi connectivity index (χ0n) is 10.5. The molecule has 0 aliphatic rings. The summed E-state index contributed by atoms with van der Waals surface area (Å²) in [5, 5.41) is 13.7. The van der Waals surface area contributed by atoms with Gasteiger partial charge in [0.25, 0.3) is 5.69 Å². The van der Waals surface area contributed by atoms with Crippen molar-refractivity contribution in [3.63, 3.8) is 0 Å². The highest BCUT2D eigenvalue weighted by Gasteiger charge is 2.10. The van der Waals surface area contributed by atoms with Gasteiger partial charge in [-0.25, -0.2) is 4.98 Å². The smallest absolute Gasteiger partial charge is 0.276 e. The van der Waals surface area contributed by atoms with Crippen molar-refractivity contribution >= 4 is 38.9 Å². The van der Waals surface area contributed by atoms with Gasteiger partial charge in [0.15, 0.2) is 0 Å². The van der Waals surface area contributed by atoms with Crippen LogP contribution in [0.25, 0.3) is 0 Å². The van der Waals surface area contributed by atoms with E-state index in [0.29, 0.717) is 17.3 Å². The number of pyridine rings is 1. The van der Waals surface area contributed by atoms with Gasteiger partial charge in [0.05, 0.1) is 28.6 Å². The number of hydrogen-bond acceptors (Lipinski definition) is 6. The molecule has 0 bridgehead atoms. The molecular formula is C12H11BrN4O3. The van der Waals surface area contributed by atoms with Crippen LogP contribution >= 0.6 is 15.9 Å². The molecule has 1 aromatic heterocycles. The first-order chi connectivity index (χ1) is 9.49. The molecule has 0 aliphatic heterocycles. The monoisotopic (exact) mass is 338 g/mol. The Labute approximate surface area is 123 Å². The van der Waals surface area contributed by atoms with E-state index in [1.807, 2.05) is 0 Å². The van der Waals surface area contributed by atoms with E-state index >= 15 is 0 Å². The third-order valence-electron chi connectivity index (χ3n) is 2.46. The van der Waals surface area contributed by atoms with Crippen LogP contribution in [0.3, 0.4) is 0 Å². The van der Waals surface area contributed by atoms with Gasteiger partial charge in [-0.1, -0.05) is 0 Å². The van der Waals surface area contributed by atoms with E-state index in [2.05, 4.69) is 26.2 Å². The average molecular weight is 339 g/mol. The summed E-state index contributed by atoms with van der Waals surface area (Å²) in [5.41, 5.74) is 6.12. The summed E-state index contributed by atoms with van der Waals surface area (Å²) in [7, 11) is 1.57. The summed E-state index contributed by atoms with van der Waals surface area (Å²) < 4.78 is 5.87. The first-order valence-electron chi connectivity index (χ1n) is 5.52. The van der Waals surface area contributed by atoms with Gasteiger partial charge in [-0.3, -0.25) is 10.1 Å². The third kappa shape index (κ3) is 3.15. The van der Waals surface area contributed by atoms with Gasteiger partial charge in [-0.15, -0.1) is 0 Å². The number of nitrogens with zero attached hydrogens (tertiary/aromatic N) is 2. The van der Waals surface area contributed by atoms with Crippen LogP contribution in [0.4, 0.5) is 23.0 Å². The molecule has 7 nitrogen and oxygen atoms in total. The predicted molar refractivity (Wildman–Crippen MR) is 79.3 cm³/mol. The van der Waals surface area contributed by atoms with Crippen molar-refractivity contribution in [3.05, 3.63) is 44.9 Å². The number of nitrogen functional groups attached to an aromatic ring is 1. The maximum absolute atomic E-state index is 10.8. The molecule has 8 heteroatoms. The molecule has 0 fully saturated rings. The Morgan fingerprint density at radius 2 is 2.15 bits per heavy atom. The lowest BCUT2D eigenvalue weighted by molar-refractivity contribution is -0.384.